The molecule has 3 rings (SSSR count). The summed E-state index contributed by atoms with van der Waals surface area (Å²) < 4.78 is 6.81. The van der Waals surface area contributed by atoms with Gasteiger partial charge in [-0.2, -0.15) is 0 Å². The van der Waals surface area contributed by atoms with Crippen LogP contribution in [-0.2, 0) is 0 Å². The Morgan fingerprint density at radius 2 is 2.04 bits per heavy atom. The standard InChI is InChI=1S/C17H18BrN3O2.2ClH/c1-17(2)8-14(12-7-11(19)4-6-15(12)23-17)21-16(22)13-5-3-10(18)9-20-13;;/h3-7,9,14H,8,19H2,1-2H3,(H,21,22);2*1H. The minimum atomic E-state index is -0.367. The fourth-order valence-electron chi connectivity index (χ4n) is 2.74. The first kappa shape index (κ1) is 21.5. The lowest BCUT2D eigenvalue weighted by molar-refractivity contribution is 0.0618. The van der Waals surface area contributed by atoms with Crippen LogP contribution in [0.25, 0.3) is 0 Å². The summed E-state index contributed by atoms with van der Waals surface area (Å²) in [6, 6.07) is 8.81. The highest BCUT2D eigenvalue weighted by atomic mass is 79.9. The fraction of sp³-hybridized carbons (Fsp3) is 0.294. The van der Waals surface area contributed by atoms with Crippen molar-refractivity contribution in [3.05, 3.63) is 52.3 Å². The van der Waals surface area contributed by atoms with Crippen LogP contribution >= 0.6 is 40.7 Å². The normalized spacial score (nSPS) is 17.2. The average molecular weight is 449 g/mol. The number of fused-ring (bicyclic) bond motifs is 1. The van der Waals surface area contributed by atoms with Crippen LogP contribution in [0.4, 0.5) is 5.69 Å². The Morgan fingerprint density at radius 1 is 1.32 bits per heavy atom. The highest BCUT2D eigenvalue weighted by Crippen LogP contribution is 2.40. The van der Waals surface area contributed by atoms with Crippen molar-refractivity contribution < 1.29 is 9.53 Å². The van der Waals surface area contributed by atoms with E-state index >= 15 is 0 Å². The molecule has 0 saturated heterocycles. The topological polar surface area (TPSA) is 77.2 Å². The monoisotopic (exact) mass is 447 g/mol. The van der Waals surface area contributed by atoms with Gasteiger partial charge in [-0.25, -0.2) is 4.98 Å². The zero-order chi connectivity index (χ0) is 16.6. The molecule has 0 fully saturated rings. The van der Waals surface area contributed by atoms with Crippen molar-refractivity contribution in [2.45, 2.75) is 31.9 Å². The number of hydrogen-bond acceptors (Lipinski definition) is 4. The summed E-state index contributed by atoms with van der Waals surface area (Å²) in [6.45, 7) is 4.01. The number of carbonyl (C=O) groups excluding carboxylic acids is 1. The molecule has 1 unspecified atom stereocenters. The van der Waals surface area contributed by atoms with Gasteiger partial charge in [-0.05, 0) is 60.1 Å². The summed E-state index contributed by atoms with van der Waals surface area (Å²) in [5.74, 6) is 0.540. The van der Waals surface area contributed by atoms with Crippen LogP contribution in [0.15, 0.2) is 41.0 Å². The lowest BCUT2D eigenvalue weighted by Gasteiger charge is -2.38. The number of ether oxygens (including phenoxy) is 1. The molecule has 5 nitrogen and oxygen atoms in total. The molecule has 2 aromatic rings. The summed E-state index contributed by atoms with van der Waals surface area (Å²) in [7, 11) is 0. The first-order chi connectivity index (χ1) is 10.8. The molecular weight excluding hydrogens is 429 g/mol. The third-order valence-electron chi connectivity index (χ3n) is 3.76. The van der Waals surface area contributed by atoms with Crippen LogP contribution < -0.4 is 15.8 Å². The van der Waals surface area contributed by atoms with E-state index in [1.807, 2.05) is 26.0 Å². The third kappa shape index (κ3) is 5.00. The van der Waals surface area contributed by atoms with Gasteiger partial charge >= 0.3 is 0 Å². The smallest absolute Gasteiger partial charge is 0.270 e. The van der Waals surface area contributed by atoms with E-state index in [2.05, 4.69) is 26.2 Å². The molecule has 0 bridgehead atoms. The number of halogens is 3. The van der Waals surface area contributed by atoms with E-state index in [-0.39, 0.29) is 42.4 Å². The van der Waals surface area contributed by atoms with E-state index in [9.17, 15) is 4.79 Å². The lowest BCUT2D eigenvalue weighted by Crippen LogP contribution is -2.41. The number of aromatic nitrogens is 1. The number of anilines is 1. The first-order valence-electron chi connectivity index (χ1n) is 7.35. The van der Waals surface area contributed by atoms with E-state index in [0.29, 0.717) is 17.8 Å². The van der Waals surface area contributed by atoms with Gasteiger partial charge in [-0.15, -0.1) is 24.8 Å². The molecule has 1 aromatic heterocycles. The van der Waals surface area contributed by atoms with Crippen molar-refractivity contribution in [2.75, 3.05) is 5.73 Å². The third-order valence-corrected chi connectivity index (χ3v) is 4.23. The number of rotatable bonds is 2. The number of benzene rings is 1. The molecule has 8 heteroatoms. The molecule has 1 aliphatic rings. The molecule has 3 N–H and O–H groups in total. The quantitative estimate of drug-likeness (QED) is 0.671. The second kappa shape index (κ2) is 8.25. The fourth-order valence-corrected chi connectivity index (χ4v) is 2.98. The van der Waals surface area contributed by atoms with Gasteiger partial charge in [0.2, 0.25) is 0 Å². The number of carbonyl (C=O) groups is 1. The Balaban J connectivity index is 0.00000156. The molecule has 1 amide bonds. The molecule has 2 heterocycles. The van der Waals surface area contributed by atoms with Gasteiger partial charge in [-0.3, -0.25) is 4.79 Å². The number of nitrogens with two attached hydrogens (primary N) is 1. The minimum Gasteiger partial charge on any atom is -0.487 e. The molecule has 0 radical (unpaired) electrons. The van der Waals surface area contributed by atoms with Gasteiger partial charge in [0.05, 0.1) is 6.04 Å². The van der Waals surface area contributed by atoms with Gasteiger partial charge in [0, 0.05) is 28.3 Å². The molecule has 0 spiro atoms. The second-order valence-electron chi connectivity index (χ2n) is 6.25. The number of nitrogens with one attached hydrogen (secondary N) is 1. The molecule has 0 saturated carbocycles. The molecular formula is C17H20BrCl2N3O2. The van der Waals surface area contributed by atoms with Gasteiger partial charge in [0.1, 0.15) is 17.0 Å². The predicted octanol–water partition coefficient (Wildman–Crippen LogP) is 4.30. The van der Waals surface area contributed by atoms with Crippen molar-refractivity contribution in [1.29, 1.82) is 0 Å². The van der Waals surface area contributed by atoms with Crippen LogP contribution in [0.3, 0.4) is 0 Å². The number of nitrogen functional groups attached to an aromatic ring is 1. The van der Waals surface area contributed by atoms with E-state index in [4.69, 9.17) is 10.5 Å². The number of pyridine rings is 1. The zero-order valence-corrected chi connectivity index (χ0v) is 17.0. The second-order valence-corrected chi connectivity index (χ2v) is 7.17. The Morgan fingerprint density at radius 3 is 2.68 bits per heavy atom. The van der Waals surface area contributed by atoms with Crippen LogP contribution in [0.2, 0.25) is 0 Å². The van der Waals surface area contributed by atoms with Crippen molar-refractivity contribution in [3.8, 4) is 5.75 Å². The minimum absolute atomic E-state index is 0. The van der Waals surface area contributed by atoms with Crippen molar-refractivity contribution >= 4 is 52.3 Å². The maximum Gasteiger partial charge on any atom is 0.270 e. The van der Waals surface area contributed by atoms with Crippen molar-refractivity contribution in [1.82, 2.24) is 10.3 Å². The average Bonchev–Trinajstić information content (AvgIpc) is 2.48. The van der Waals surface area contributed by atoms with E-state index in [1.165, 1.54) is 0 Å². The highest BCUT2D eigenvalue weighted by molar-refractivity contribution is 9.10. The SMILES string of the molecule is CC1(C)CC(NC(=O)c2ccc(Br)cn2)c2cc(N)ccc2O1.Cl.Cl. The predicted molar refractivity (Wildman–Crippen MR) is 107 cm³/mol. The van der Waals surface area contributed by atoms with Crippen LogP contribution in [0.5, 0.6) is 5.75 Å². The van der Waals surface area contributed by atoms with E-state index in [0.717, 1.165) is 15.8 Å². The molecule has 25 heavy (non-hydrogen) atoms. The molecule has 1 aliphatic heterocycles. The molecule has 1 aromatic carbocycles. The van der Waals surface area contributed by atoms with E-state index in [1.54, 1.807) is 24.4 Å². The summed E-state index contributed by atoms with van der Waals surface area (Å²) >= 11 is 3.31. The summed E-state index contributed by atoms with van der Waals surface area (Å²) in [5.41, 5.74) is 7.44. The maximum atomic E-state index is 12.5. The van der Waals surface area contributed by atoms with E-state index < -0.39 is 0 Å². The lowest BCUT2D eigenvalue weighted by atomic mass is 9.89. The largest absolute Gasteiger partial charge is 0.487 e. The number of amides is 1. The molecule has 0 aliphatic carbocycles. The number of nitrogens with zero attached hydrogens (tertiary/aromatic N) is 1. The van der Waals surface area contributed by atoms with Crippen molar-refractivity contribution in [2.24, 2.45) is 0 Å². The van der Waals surface area contributed by atoms with Crippen LogP contribution in [0.1, 0.15) is 42.4 Å². The van der Waals surface area contributed by atoms with Gasteiger partial charge < -0.3 is 15.8 Å². The van der Waals surface area contributed by atoms with Gasteiger partial charge in [0.25, 0.3) is 5.91 Å². The van der Waals surface area contributed by atoms with Crippen molar-refractivity contribution in [3.63, 3.8) is 0 Å². The molecule has 1 atom stereocenters. The Hall–Kier alpha value is -1.50. The summed E-state index contributed by atoms with van der Waals surface area (Å²) in [4.78, 5) is 16.6. The van der Waals surface area contributed by atoms with Crippen LogP contribution in [0, 0.1) is 0 Å². The summed E-state index contributed by atoms with van der Waals surface area (Å²) in [6.07, 6.45) is 2.26. The first-order valence-corrected chi connectivity index (χ1v) is 8.14. The maximum absolute atomic E-state index is 12.5. The van der Waals surface area contributed by atoms with Crippen LogP contribution in [-0.4, -0.2) is 16.5 Å². The zero-order valence-electron chi connectivity index (χ0n) is 13.8. The van der Waals surface area contributed by atoms with Gasteiger partial charge in [0.15, 0.2) is 0 Å². The molecule has 136 valence electrons. The van der Waals surface area contributed by atoms with Gasteiger partial charge in [-0.1, -0.05) is 0 Å². The highest BCUT2D eigenvalue weighted by Gasteiger charge is 2.34. The Bertz CT molecular complexity index is 754. The Labute approximate surface area is 167 Å². The Kier molecular flexibility index (Phi) is 7.11. The summed E-state index contributed by atoms with van der Waals surface area (Å²) in [5, 5.41) is 3.04. The number of hydrogen-bond donors (Lipinski definition) is 2.